The molecule has 0 saturated heterocycles. The van der Waals surface area contributed by atoms with Crippen molar-refractivity contribution in [3.8, 4) is 0 Å². The van der Waals surface area contributed by atoms with Crippen molar-refractivity contribution in [2.75, 3.05) is 20.1 Å². The average Bonchev–Trinajstić information content (AvgIpc) is 3.55. The lowest BCUT2D eigenvalue weighted by Crippen LogP contribution is -2.34. The minimum Gasteiger partial charge on any atom is -0.355 e. The Hall–Kier alpha value is -2.93. The Morgan fingerprint density at radius 2 is 1.86 bits per heavy atom. The number of amides is 2. The van der Waals surface area contributed by atoms with Gasteiger partial charge in [-0.15, -0.1) is 0 Å². The molecule has 7 nitrogen and oxygen atoms in total. The summed E-state index contributed by atoms with van der Waals surface area (Å²) < 4.78 is 1.46. The predicted molar refractivity (Wildman–Crippen MR) is 110 cm³/mol. The van der Waals surface area contributed by atoms with Crippen LogP contribution in [0.1, 0.15) is 50.2 Å². The Morgan fingerprint density at radius 1 is 1.10 bits per heavy atom. The monoisotopic (exact) mass is 394 g/mol. The normalized spacial score (nSPS) is 15.9. The third-order valence-corrected chi connectivity index (χ3v) is 5.50. The van der Waals surface area contributed by atoms with Gasteiger partial charge in [0.2, 0.25) is 0 Å². The lowest BCUT2D eigenvalue weighted by Gasteiger charge is -2.13. The molecule has 152 valence electrons. The minimum absolute atomic E-state index is 0.0186. The van der Waals surface area contributed by atoms with Gasteiger partial charge >= 0.3 is 0 Å². The van der Waals surface area contributed by atoms with E-state index in [0.717, 1.165) is 44.3 Å². The Bertz CT molecular complexity index is 1010. The standard InChI is InChI=1S/C22H26N4O3/c1-23-21(28)19-11-17(20(27)25-18-4-5-18)13-26(22(19)29)12-14-2-3-15-6-8-24-9-7-16(15)10-14/h2-3,10-11,13,18,24H,4-9,12H2,1H3,(H,23,28)(H,25,27). The fraction of sp³-hybridized carbons (Fsp3) is 0.409. The number of hydrogen-bond acceptors (Lipinski definition) is 4. The summed E-state index contributed by atoms with van der Waals surface area (Å²) >= 11 is 0. The zero-order chi connectivity index (χ0) is 20.4. The van der Waals surface area contributed by atoms with E-state index < -0.39 is 11.5 Å². The Morgan fingerprint density at radius 3 is 2.59 bits per heavy atom. The van der Waals surface area contributed by atoms with E-state index in [1.165, 1.54) is 28.8 Å². The van der Waals surface area contributed by atoms with Crippen molar-refractivity contribution < 1.29 is 9.59 Å². The van der Waals surface area contributed by atoms with Crippen molar-refractivity contribution in [3.05, 3.63) is 68.6 Å². The van der Waals surface area contributed by atoms with Crippen molar-refractivity contribution in [3.63, 3.8) is 0 Å². The van der Waals surface area contributed by atoms with Gasteiger partial charge in [0.05, 0.1) is 12.1 Å². The van der Waals surface area contributed by atoms with E-state index in [9.17, 15) is 14.4 Å². The molecule has 3 N–H and O–H groups in total. The highest BCUT2D eigenvalue weighted by Gasteiger charge is 2.25. The van der Waals surface area contributed by atoms with Gasteiger partial charge in [-0.2, -0.15) is 0 Å². The van der Waals surface area contributed by atoms with Crippen molar-refractivity contribution in [2.45, 2.75) is 38.3 Å². The molecule has 29 heavy (non-hydrogen) atoms. The fourth-order valence-corrected chi connectivity index (χ4v) is 3.69. The number of carbonyl (C=O) groups excluding carboxylic acids is 2. The second kappa shape index (κ2) is 8.21. The van der Waals surface area contributed by atoms with E-state index in [-0.39, 0.29) is 17.5 Å². The maximum atomic E-state index is 12.9. The highest BCUT2D eigenvalue weighted by molar-refractivity contribution is 5.99. The van der Waals surface area contributed by atoms with E-state index in [0.29, 0.717) is 12.1 Å². The molecule has 1 aromatic heterocycles. The fourth-order valence-electron chi connectivity index (χ4n) is 3.69. The summed E-state index contributed by atoms with van der Waals surface area (Å²) in [5.74, 6) is -0.739. The summed E-state index contributed by atoms with van der Waals surface area (Å²) in [6, 6.07) is 7.85. The van der Waals surface area contributed by atoms with E-state index in [1.54, 1.807) is 6.20 Å². The van der Waals surface area contributed by atoms with Crippen LogP contribution in [0.15, 0.2) is 35.3 Å². The number of hydrogen-bond donors (Lipinski definition) is 3. The summed E-state index contributed by atoms with van der Waals surface area (Å²) in [6.07, 6.45) is 5.44. The molecular formula is C22H26N4O3. The van der Waals surface area contributed by atoms with Crippen LogP contribution in [0.25, 0.3) is 0 Å². The van der Waals surface area contributed by atoms with Crippen LogP contribution >= 0.6 is 0 Å². The van der Waals surface area contributed by atoms with Crippen LogP contribution in [0.4, 0.5) is 0 Å². The molecule has 2 heterocycles. The lowest BCUT2D eigenvalue weighted by atomic mass is 10.00. The molecule has 0 spiro atoms. The predicted octanol–water partition coefficient (Wildman–Crippen LogP) is 0.837. The first-order valence-corrected chi connectivity index (χ1v) is 10.1. The molecule has 0 radical (unpaired) electrons. The number of carbonyl (C=O) groups is 2. The van der Waals surface area contributed by atoms with Crippen LogP contribution in [0, 0.1) is 0 Å². The van der Waals surface area contributed by atoms with Gasteiger partial charge in [-0.1, -0.05) is 18.2 Å². The van der Waals surface area contributed by atoms with Crippen LogP contribution in [0.2, 0.25) is 0 Å². The number of pyridine rings is 1. The molecule has 1 saturated carbocycles. The maximum absolute atomic E-state index is 12.9. The zero-order valence-electron chi connectivity index (χ0n) is 16.6. The van der Waals surface area contributed by atoms with Crippen LogP contribution in [-0.2, 0) is 19.4 Å². The molecule has 0 atom stereocenters. The summed E-state index contributed by atoms with van der Waals surface area (Å²) in [7, 11) is 1.48. The molecule has 1 aliphatic carbocycles. The first kappa shape index (κ1) is 19.4. The Balaban J connectivity index is 1.68. The number of nitrogens with one attached hydrogen (secondary N) is 3. The number of benzene rings is 1. The van der Waals surface area contributed by atoms with E-state index >= 15 is 0 Å². The van der Waals surface area contributed by atoms with Crippen LogP contribution < -0.4 is 21.5 Å². The second-order valence-electron chi connectivity index (χ2n) is 7.76. The summed E-state index contributed by atoms with van der Waals surface area (Å²) in [6.45, 7) is 2.22. The maximum Gasteiger partial charge on any atom is 0.263 e. The number of nitrogens with zero attached hydrogens (tertiary/aromatic N) is 1. The van der Waals surface area contributed by atoms with E-state index in [4.69, 9.17) is 0 Å². The molecule has 7 heteroatoms. The van der Waals surface area contributed by atoms with Gasteiger partial charge in [-0.3, -0.25) is 14.4 Å². The lowest BCUT2D eigenvalue weighted by molar-refractivity contribution is 0.0950. The van der Waals surface area contributed by atoms with Gasteiger partial charge in [0.1, 0.15) is 5.56 Å². The highest BCUT2D eigenvalue weighted by Crippen LogP contribution is 2.20. The largest absolute Gasteiger partial charge is 0.355 e. The molecule has 1 aromatic carbocycles. The molecule has 0 bridgehead atoms. The first-order valence-electron chi connectivity index (χ1n) is 10.1. The molecular weight excluding hydrogens is 368 g/mol. The molecule has 2 amide bonds. The smallest absolute Gasteiger partial charge is 0.263 e. The van der Waals surface area contributed by atoms with Crippen molar-refractivity contribution in [2.24, 2.45) is 0 Å². The SMILES string of the molecule is CNC(=O)c1cc(C(=O)NC2CC2)cn(Cc2ccc3c(c2)CCNCC3)c1=O. The molecule has 4 rings (SSSR count). The Labute approximate surface area is 169 Å². The van der Waals surface area contributed by atoms with E-state index in [2.05, 4.69) is 28.1 Å². The quantitative estimate of drug-likeness (QED) is 0.701. The summed E-state index contributed by atoms with van der Waals surface area (Å²) in [5, 5.41) is 8.80. The third-order valence-electron chi connectivity index (χ3n) is 5.50. The first-order chi connectivity index (χ1) is 14.0. The van der Waals surface area contributed by atoms with Gasteiger partial charge in [0, 0.05) is 19.3 Å². The molecule has 0 unspecified atom stereocenters. The number of aromatic nitrogens is 1. The number of fused-ring (bicyclic) bond motifs is 1. The molecule has 2 aromatic rings. The van der Waals surface area contributed by atoms with Crippen molar-refractivity contribution in [1.82, 2.24) is 20.5 Å². The van der Waals surface area contributed by atoms with E-state index in [1.807, 2.05) is 6.07 Å². The average molecular weight is 394 g/mol. The highest BCUT2D eigenvalue weighted by atomic mass is 16.2. The third kappa shape index (κ3) is 4.40. The molecule has 2 aliphatic rings. The van der Waals surface area contributed by atoms with Gasteiger partial charge in [0.25, 0.3) is 17.4 Å². The van der Waals surface area contributed by atoms with Crippen molar-refractivity contribution in [1.29, 1.82) is 0 Å². The van der Waals surface area contributed by atoms with Gasteiger partial charge in [0.15, 0.2) is 0 Å². The van der Waals surface area contributed by atoms with Gasteiger partial charge < -0.3 is 20.5 Å². The van der Waals surface area contributed by atoms with Crippen LogP contribution in [0.3, 0.4) is 0 Å². The summed E-state index contributed by atoms with van der Waals surface area (Å²) in [5.41, 5.74) is 3.51. The van der Waals surface area contributed by atoms with Gasteiger partial charge in [-0.05, 0) is 61.5 Å². The second-order valence-corrected chi connectivity index (χ2v) is 7.76. The minimum atomic E-state index is -0.488. The van der Waals surface area contributed by atoms with Crippen LogP contribution in [0.5, 0.6) is 0 Å². The van der Waals surface area contributed by atoms with Crippen LogP contribution in [-0.4, -0.2) is 42.6 Å². The zero-order valence-corrected chi connectivity index (χ0v) is 16.6. The molecule has 1 aliphatic heterocycles. The Kier molecular flexibility index (Phi) is 5.49. The topological polar surface area (TPSA) is 92.2 Å². The van der Waals surface area contributed by atoms with Gasteiger partial charge in [-0.25, -0.2) is 0 Å². The number of rotatable bonds is 5. The molecule has 1 fully saturated rings. The summed E-state index contributed by atoms with van der Waals surface area (Å²) in [4.78, 5) is 37.6. The van der Waals surface area contributed by atoms with Crippen molar-refractivity contribution >= 4 is 11.8 Å².